The Hall–Kier alpha value is -2.96. The molecule has 3 N–H and O–H groups in total. The molecule has 0 aromatic heterocycles. The number of nitrogens with zero attached hydrogens (tertiary/aromatic N) is 1. The van der Waals surface area contributed by atoms with Gasteiger partial charge in [-0.25, -0.2) is 0 Å². The van der Waals surface area contributed by atoms with Crippen LogP contribution < -0.4 is 10.6 Å². The van der Waals surface area contributed by atoms with Gasteiger partial charge in [0.25, 0.3) is 11.8 Å². The van der Waals surface area contributed by atoms with Crippen LogP contribution in [0.4, 0.5) is 5.69 Å². The molecule has 1 unspecified atom stereocenters. The first-order valence-electron chi connectivity index (χ1n) is 9.51. The fourth-order valence-corrected chi connectivity index (χ4v) is 3.71. The quantitative estimate of drug-likeness (QED) is 0.563. The van der Waals surface area contributed by atoms with Gasteiger partial charge in [0.15, 0.2) is 0 Å². The van der Waals surface area contributed by atoms with Crippen molar-refractivity contribution in [1.82, 2.24) is 10.2 Å². The van der Waals surface area contributed by atoms with Crippen LogP contribution in [0.15, 0.2) is 54.7 Å². The number of aliphatic hydroxyl groups is 1. The molecule has 28 heavy (non-hydrogen) atoms. The van der Waals surface area contributed by atoms with Crippen LogP contribution in [-0.4, -0.2) is 41.0 Å². The molecule has 6 heteroatoms. The van der Waals surface area contributed by atoms with E-state index in [0.29, 0.717) is 16.7 Å². The molecule has 2 aliphatic rings. The highest BCUT2D eigenvalue weighted by atomic mass is 16.3. The monoisotopic (exact) mass is 377 g/mol. The van der Waals surface area contributed by atoms with Crippen molar-refractivity contribution in [2.24, 2.45) is 0 Å². The summed E-state index contributed by atoms with van der Waals surface area (Å²) in [6.45, 7) is 2.55. The van der Waals surface area contributed by atoms with E-state index in [9.17, 15) is 14.7 Å². The van der Waals surface area contributed by atoms with E-state index in [0.717, 1.165) is 38.2 Å². The molecule has 0 saturated carbocycles. The molecule has 1 fully saturated rings. The standard InChI is InChI=1S/C22H23N3O3/c26-17-4-3-11-25(14-17)13-15-7-9-16(10-8-15)23-12-20-18-5-1-2-6-19(18)21(27)24-22(20)28/h1-2,5-10,12,17,23,26H,3-4,11,13-14H2,(H,24,27,28). The normalized spacial score (nSPS) is 21.3. The summed E-state index contributed by atoms with van der Waals surface area (Å²) < 4.78 is 0. The topological polar surface area (TPSA) is 81.7 Å². The highest BCUT2D eigenvalue weighted by Crippen LogP contribution is 2.24. The summed E-state index contributed by atoms with van der Waals surface area (Å²) >= 11 is 0. The third-order valence-corrected chi connectivity index (χ3v) is 5.16. The summed E-state index contributed by atoms with van der Waals surface area (Å²) in [5.74, 6) is -0.776. The third kappa shape index (κ3) is 3.98. The van der Waals surface area contributed by atoms with Gasteiger partial charge < -0.3 is 10.4 Å². The molecule has 2 aromatic carbocycles. The average molecular weight is 377 g/mol. The molecule has 0 radical (unpaired) electrons. The van der Waals surface area contributed by atoms with Crippen molar-refractivity contribution >= 4 is 23.1 Å². The summed E-state index contributed by atoms with van der Waals surface area (Å²) in [6.07, 6.45) is 3.32. The Morgan fingerprint density at radius 1 is 1.07 bits per heavy atom. The predicted molar refractivity (Wildman–Crippen MR) is 107 cm³/mol. The van der Waals surface area contributed by atoms with Gasteiger partial charge >= 0.3 is 0 Å². The van der Waals surface area contributed by atoms with Crippen molar-refractivity contribution in [3.05, 3.63) is 71.4 Å². The van der Waals surface area contributed by atoms with E-state index in [1.54, 1.807) is 24.4 Å². The number of hydrogen-bond acceptors (Lipinski definition) is 5. The van der Waals surface area contributed by atoms with Gasteiger partial charge in [-0.3, -0.25) is 19.8 Å². The van der Waals surface area contributed by atoms with Gasteiger partial charge in [0.1, 0.15) is 0 Å². The Bertz CT molecular complexity index is 921. The van der Waals surface area contributed by atoms with Gasteiger partial charge in [-0.15, -0.1) is 0 Å². The molecule has 0 aliphatic carbocycles. The molecule has 4 rings (SSSR count). The molecule has 2 amide bonds. The van der Waals surface area contributed by atoms with Crippen molar-refractivity contribution in [2.45, 2.75) is 25.5 Å². The van der Waals surface area contributed by atoms with Crippen molar-refractivity contribution in [3.63, 3.8) is 0 Å². The molecule has 2 aliphatic heterocycles. The van der Waals surface area contributed by atoms with E-state index in [2.05, 4.69) is 15.5 Å². The van der Waals surface area contributed by atoms with Crippen LogP contribution in [0.25, 0.3) is 5.57 Å². The summed E-state index contributed by atoms with van der Waals surface area (Å²) in [4.78, 5) is 26.4. The minimum Gasteiger partial charge on any atom is -0.392 e. The Morgan fingerprint density at radius 3 is 2.57 bits per heavy atom. The van der Waals surface area contributed by atoms with Gasteiger partial charge in [0.2, 0.25) is 0 Å². The Labute approximate surface area is 163 Å². The van der Waals surface area contributed by atoms with Crippen molar-refractivity contribution in [2.75, 3.05) is 18.4 Å². The third-order valence-electron chi connectivity index (χ3n) is 5.16. The number of carbonyl (C=O) groups excluding carboxylic acids is 2. The van der Waals surface area contributed by atoms with E-state index in [1.807, 2.05) is 30.3 Å². The number of aliphatic hydroxyl groups excluding tert-OH is 1. The van der Waals surface area contributed by atoms with Crippen LogP contribution in [0.5, 0.6) is 0 Å². The second-order valence-electron chi connectivity index (χ2n) is 7.26. The second-order valence-corrected chi connectivity index (χ2v) is 7.26. The molecule has 2 heterocycles. The molecule has 0 spiro atoms. The number of β-amino-alcohol motifs (C(OH)–C–C–N with tert-alkyl or cyclic N) is 1. The number of hydrogen-bond donors (Lipinski definition) is 3. The van der Waals surface area contributed by atoms with E-state index in [-0.39, 0.29) is 12.0 Å². The zero-order valence-electron chi connectivity index (χ0n) is 15.5. The fourth-order valence-electron chi connectivity index (χ4n) is 3.71. The van der Waals surface area contributed by atoms with E-state index < -0.39 is 5.91 Å². The maximum atomic E-state index is 12.2. The minimum atomic E-state index is -0.406. The van der Waals surface area contributed by atoms with Crippen LogP contribution in [0.2, 0.25) is 0 Å². The zero-order valence-corrected chi connectivity index (χ0v) is 15.5. The number of imide groups is 1. The second kappa shape index (κ2) is 7.96. The fraction of sp³-hybridized carbons (Fsp3) is 0.273. The highest BCUT2D eigenvalue weighted by molar-refractivity contribution is 6.31. The molecule has 1 saturated heterocycles. The number of rotatable bonds is 4. The molecule has 6 nitrogen and oxygen atoms in total. The maximum absolute atomic E-state index is 12.2. The number of anilines is 1. The molecule has 2 aromatic rings. The first-order chi connectivity index (χ1) is 13.6. The van der Waals surface area contributed by atoms with Crippen LogP contribution in [-0.2, 0) is 11.3 Å². The average Bonchev–Trinajstić information content (AvgIpc) is 2.69. The van der Waals surface area contributed by atoms with Crippen molar-refractivity contribution in [3.8, 4) is 0 Å². The minimum absolute atomic E-state index is 0.224. The van der Waals surface area contributed by atoms with Crippen LogP contribution in [0, 0.1) is 0 Å². The van der Waals surface area contributed by atoms with Gasteiger partial charge in [0, 0.05) is 36.1 Å². The summed E-state index contributed by atoms with van der Waals surface area (Å²) in [5.41, 5.74) is 3.59. The van der Waals surface area contributed by atoms with Crippen molar-refractivity contribution in [1.29, 1.82) is 0 Å². The van der Waals surface area contributed by atoms with Gasteiger partial charge in [-0.1, -0.05) is 30.3 Å². The SMILES string of the molecule is O=C1NC(=O)c2ccccc2C1=CNc1ccc(CN2CCCC(O)C2)cc1. The van der Waals surface area contributed by atoms with Crippen LogP contribution >= 0.6 is 0 Å². The number of piperidine rings is 1. The number of carbonyl (C=O) groups is 2. The van der Waals surface area contributed by atoms with E-state index in [4.69, 9.17) is 0 Å². The zero-order chi connectivity index (χ0) is 19.5. The molecular weight excluding hydrogens is 354 g/mol. The molecule has 0 bridgehead atoms. The van der Waals surface area contributed by atoms with Gasteiger partial charge in [0.05, 0.1) is 11.7 Å². The summed E-state index contributed by atoms with van der Waals surface area (Å²) in [6, 6.07) is 15.1. The van der Waals surface area contributed by atoms with Gasteiger partial charge in [-0.05, 0) is 43.1 Å². The van der Waals surface area contributed by atoms with Crippen molar-refractivity contribution < 1.29 is 14.7 Å². The smallest absolute Gasteiger partial charge is 0.260 e. The molecule has 144 valence electrons. The predicted octanol–water partition coefficient (Wildman–Crippen LogP) is 2.37. The Morgan fingerprint density at radius 2 is 1.82 bits per heavy atom. The first-order valence-corrected chi connectivity index (χ1v) is 9.51. The molecule has 1 atom stereocenters. The number of benzene rings is 2. The lowest BCUT2D eigenvalue weighted by atomic mass is 9.96. The Kier molecular flexibility index (Phi) is 5.23. The summed E-state index contributed by atoms with van der Waals surface area (Å²) in [7, 11) is 0. The summed E-state index contributed by atoms with van der Waals surface area (Å²) in [5, 5.41) is 15.3. The van der Waals surface area contributed by atoms with E-state index >= 15 is 0 Å². The first kappa shape index (κ1) is 18.4. The van der Waals surface area contributed by atoms with Gasteiger partial charge in [-0.2, -0.15) is 0 Å². The number of nitrogens with one attached hydrogen (secondary N) is 2. The number of amides is 2. The van der Waals surface area contributed by atoms with Crippen LogP contribution in [0.1, 0.15) is 34.3 Å². The van der Waals surface area contributed by atoms with E-state index in [1.165, 1.54) is 5.56 Å². The molecular formula is C22H23N3O3. The number of likely N-dealkylation sites (tertiary alicyclic amines) is 1. The Balaban J connectivity index is 1.45. The lowest BCUT2D eigenvalue weighted by Gasteiger charge is -2.29. The lowest BCUT2D eigenvalue weighted by Crippen LogP contribution is -2.37. The lowest BCUT2D eigenvalue weighted by molar-refractivity contribution is -0.114. The van der Waals surface area contributed by atoms with Crippen LogP contribution in [0.3, 0.4) is 0 Å². The largest absolute Gasteiger partial charge is 0.392 e. The highest BCUT2D eigenvalue weighted by Gasteiger charge is 2.26. The maximum Gasteiger partial charge on any atom is 0.260 e. The number of fused-ring (bicyclic) bond motifs is 1.